The lowest BCUT2D eigenvalue weighted by molar-refractivity contribution is 0.482. The highest BCUT2D eigenvalue weighted by Gasteiger charge is 2.04. The van der Waals surface area contributed by atoms with Gasteiger partial charge in [-0.3, -0.25) is 4.55 Å². The Morgan fingerprint density at radius 2 is 1.67 bits per heavy atom. The van der Waals surface area contributed by atoms with Crippen molar-refractivity contribution in [1.29, 1.82) is 0 Å². The minimum atomic E-state index is -3.88. The van der Waals surface area contributed by atoms with E-state index in [4.69, 9.17) is 4.55 Å². The van der Waals surface area contributed by atoms with E-state index >= 15 is 0 Å². The van der Waals surface area contributed by atoms with Crippen LogP contribution in [-0.4, -0.2) is 13.0 Å². The van der Waals surface area contributed by atoms with E-state index in [2.05, 4.69) is 0 Å². The Balaban J connectivity index is 0.00000121. The van der Waals surface area contributed by atoms with E-state index in [-0.39, 0.29) is 19.2 Å². The second-order valence-electron chi connectivity index (χ2n) is 2.21. The summed E-state index contributed by atoms with van der Waals surface area (Å²) in [4.78, 5) is 0. The van der Waals surface area contributed by atoms with Gasteiger partial charge < -0.3 is 0 Å². The van der Waals surface area contributed by atoms with Crippen molar-refractivity contribution in [2.45, 2.75) is 5.75 Å². The zero-order valence-corrected chi connectivity index (χ0v) is 8.08. The molecule has 0 bridgehead atoms. The Bertz CT molecular complexity index is 318. The quantitative estimate of drug-likeness (QED) is 0.739. The summed E-state index contributed by atoms with van der Waals surface area (Å²) in [6.07, 6.45) is 0. The molecule has 0 fully saturated rings. The third kappa shape index (κ3) is 4.38. The van der Waals surface area contributed by atoms with Gasteiger partial charge >= 0.3 is 0 Å². The van der Waals surface area contributed by atoms with Gasteiger partial charge in [0.2, 0.25) is 0 Å². The van der Waals surface area contributed by atoms with E-state index in [0.717, 1.165) is 0 Å². The van der Waals surface area contributed by atoms with Crippen LogP contribution in [0.5, 0.6) is 0 Å². The second-order valence-corrected chi connectivity index (χ2v) is 3.66. The Kier molecular flexibility index (Phi) is 4.30. The van der Waals surface area contributed by atoms with Crippen LogP contribution in [0.2, 0.25) is 0 Å². The number of hydrogen-bond acceptors (Lipinski definition) is 2. The molecule has 68 valence electrons. The molecule has 0 aromatic heterocycles. The highest BCUT2D eigenvalue weighted by Crippen LogP contribution is 2.02. The van der Waals surface area contributed by atoms with E-state index in [9.17, 15) is 8.42 Å². The first kappa shape index (κ1) is 11.5. The molecule has 0 radical (unpaired) electrons. The first-order valence-electron chi connectivity index (χ1n) is 3.07. The van der Waals surface area contributed by atoms with Crippen molar-refractivity contribution in [3.8, 4) is 0 Å². The van der Waals surface area contributed by atoms with E-state index in [1.165, 1.54) is 0 Å². The Labute approximate surface area is 78.6 Å². The molecule has 0 unspecified atom stereocenters. The van der Waals surface area contributed by atoms with Gasteiger partial charge in [0.15, 0.2) is 0 Å². The van der Waals surface area contributed by atoms with Crippen LogP contribution in [0.15, 0.2) is 30.3 Å². The molecule has 0 heterocycles. The predicted octanol–water partition coefficient (Wildman–Crippen LogP) is 1.19. The second kappa shape index (κ2) is 4.49. The van der Waals surface area contributed by atoms with E-state index in [1.54, 1.807) is 30.3 Å². The molecule has 0 amide bonds. The lowest BCUT2D eigenvalue weighted by Gasteiger charge is -1.95. The highest BCUT2D eigenvalue weighted by molar-refractivity contribution is 7.85. The average Bonchev–Trinajstić information content (AvgIpc) is 1.85. The number of benzene rings is 1. The maximum atomic E-state index is 10.4. The van der Waals surface area contributed by atoms with Gasteiger partial charge in [-0.1, -0.05) is 30.3 Å². The van der Waals surface area contributed by atoms with Crippen LogP contribution in [0.4, 0.5) is 0 Å². The summed E-state index contributed by atoms with van der Waals surface area (Å²) in [5.41, 5.74) is 0.593. The molecule has 0 aliphatic rings. The van der Waals surface area contributed by atoms with Gasteiger partial charge in [0, 0.05) is 0 Å². The highest BCUT2D eigenvalue weighted by atomic mass is 32.2. The standard InChI is InChI=1S/C7H8O3S.H2S/c8-11(9,10)6-7-4-2-1-3-5-7;/h1-5H,6H2,(H,8,9,10);1H2. The molecule has 1 aromatic carbocycles. The Morgan fingerprint density at radius 1 is 1.17 bits per heavy atom. The van der Waals surface area contributed by atoms with E-state index in [0.29, 0.717) is 5.56 Å². The van der Waals surface area contributed by atoms with Crippen molar-refractivity contribution in [3.63, 3.8) is 0 Å². The molecule has 0 aliphatic carbocycles. The van der Waals surface area contributed by atoms with Crippen LogP contribution < -0.4 is 0 Å². The zero-order valence-electron chi connectivity index (χ0n) is 6.27. The third-order valence-corrected chi connectivity index (χ3v) is 1.89. The summed E-state index contributed by atoms with van der Waals surface area (Å²) < 4.78 is 29.2. The van der Waals surface area contributed by atoms with Gasteiger partial charge in [-0.15, -0.1) is 0 Å². The molecule has 0 atom stereocenters. The summed E-state index contributed by atoms with van der Waals surface area (Å²) in [7, 11) is -3.88. The fraction of sp³-hybridized carbons (Fsp3) is 0.143. The van der Waals surface area contributed by atoms with Gasteiger partial charge in [0.25, 0.3) is 10.1 Å². The fourth-order valence-electron chi connectivity index (χ4n) is 0.785. The van der Waals surface area contributed by atoms with Gasteiger partial charge in [0.05, 0.1) is 0 Å². The minimum Gasteiger partial charge on any atom is -0.285 e. The molecule has 0 saturated heterocycles. The summed E-state index contributed by atoms with van der Waals surface area (Å²) in [6.45, 7) is 0. The predicted molar refractivity (Wildman–Crippen MR) is 52.1 cm³/mol. The maximum absolute atomic E-state index is 10.4. The lowest BCUT2D eigenvalue weighted by atomic mass is 10.2. The molecular weight excluding hydrogens is 196 g/mol. The van der Waals surface area contributed by atoms with Crippen LogP contribution in [0.25, 0.3) is 0 Å². The average molecular weight is 206 g/mol. The smallest absolute Gasteiger partial charge is 0.269 e. The normalized spacial score (nSPS) is 10.4. The molecule has 0 aliphatic heterocycles. The maximum Gasteiger partial charge on any atom is 0.269 e. The van der Waals surface area contributed by atoms with Crippen molar-refractivity contribution < 1.29 is 13.0 Å². The monoisotopic (exact) mass is 206 g/mol. The van der Waals surface area contributed by atoms with Crippen molar-refractivity contribution in [1.82, 2.24) is 0 Å². The summed E-state index contributed by atoms with van der Waals surface area (Å²) in [6, 6.07) is 8.52. The first-order chi connectivity index (χ1) is 5.08. The van der Waals surface area contributed by atoms with Crippen molar-refractivity contribution in [3.05, 3.63) is 35.9 Å². The molecule has 3 nitrogen and oxygen atoms in total. The lowest BCUT2D eigenvalue weighted by Crippen LogP contribution is -2.00. The van der Waals surface area contributed by atoms with Crippen LogP contribution in [0, 0.1) is 0 Å². The van der Waals surface area contributed by atoms with Crippen molar-refractivity contribution in [2.24, 2.45) is 0 Å². The van der Waals surface area contributed by atoms with Gasteiger partial charge in [0.1, 0.15) is 5.75 Å². The molecule has 12 heavy (non-hydrogen) atoms. The molecule has 1 aromatic rings. The van der Waals surface area contributed by atoms with Crippen LogP contribution in [-0.2, 0) is 15.9 Å². The minimum absolute atomic E-state index is 0. The summed E-state index contributed by atoms with van der Waals surface area (Å²) >= 11 is 0. The number of rotatable bonds is 2. The van der Waals surface area contributed by atoms with Crippen LogP contribution >= 0.6 is 13.5 Å². The van der Waals surface area contributed by atoms with Crippen LogP contribution in [0.1, 0.15) is 5.56 Å². The van der Waals surface area contributed by atoms with Gasteiger partial charge in [-0.2, -0.15) is 21.9 Å². The summed E-state index contributed by atoms with van der Waals surface area (Å²) in [5.74, 6) is -0.312. The zero-order chi connectivity index (χ0) is 8.32. The molecule has 0 saturated carbocycles. The topological polar surface area (TPSA) is 54.4 Å². The van der Waals surface area contributed by atoms with Crippen LogP contribution in [0.3, 0.4) is 0 Å². The molecule has 1 rings (SSSR count). The fourth-order valence-corrected chi connectivity index (χ4v) is 1.40. The van der Waals surface area contributed by atoms with E-state index in [1.807, 2.05) is 0 Å². The molecular formula is C7H10O3S2. The Hall–Kier alpha value is -0.520. The first-order valence-corrected chi connectivity index (χ1v) is 4.68. The van der Waals surface area contributed by atoms with Gasteiger partial charge in [-0.05, 0) is 5.56 Å². The third-order valence-electron chi connectivity index (χ3n) is 1.19. The molecule has 5 heteroatoms. The van der Waals surface area contributed by atoms with Crippen molar-refractivity contribution in [2.75, 3.05) is 0 Å². The van der Waals surface area contributed by atoms with Gasteiger partial charge in [-0.25, -0.2) is 0 Å². The molecule has 1 N–H and O–H groups in total. The molecule has 0 spiro atoms. The largest absolute Gasteiger partial charge is 0.285 e. The van der Waals surface area contributed by atoms with Crippen molar-refractivity contribution >= 4 is 23.6 Å². The summed E-state index contributed by atoms with van der Waals surface area (Å²) in [5, 5.41) is 0. The number of hydrogen-bond donors (Lipinski definition) is 1. The van der Waals surface area contributed by atoms with E-state index < -0.39 is 10.1 Å². The SMILES string of the molecule is O=S(=O)(O)Cc1ccccc1.S. The Morgan fingerprint density at radius 3 is 2.08 bits per heavy atom.